The lowest BCUT2D eigenvalue weighted by Crippen LogP contribution is -2.33. The third-order valence-electron chi connectivity index (χ3n) is 3.18. The Balaban J connectivity index is 1.88. The highest BCUT2D eigenvalue weighted by molar-refractivity contribution is 5.73. The van der Waals surface area contributed by atoms with E-state index in [2.05, 4.69) is 16.4 Å². The van der Waals surface area contributed by atoms with Crippen molar-refractivity contribution in [2.75, 3.05) is 19.7 Å². The first kappa shape index (κ1) is 14.0. The summed E-state index contributed by atoms with van der Waals surface area (Å²) >= 11 is 0. The first-order valence-electron chi connectivity index (χ1n) is 6.68. The molecule has 2 N–H and O–H groups in total. The fraction of sp³-hybridized carbons (Fsp3) is 0.533. The van der Waals surface area contributed by atoms with Crippen molar-refractivity contribution in [2.24, 2.45) is 5.41 Å². The molecule has 0 unspecified atom stereocenters. The number of nitrogens with one attached hydrogen (secondary N) is 1. The first-order chi connectivity index (χ1) is 9.00. The number of hydrogen-bond acceptors (Lipinski definition) is 4. The van der Waals surface area contributed by atoms with Crippen LogP contribution in [-0.2, 0) is 6.42 Å². The SMILES string of the molecule is Cc1nc2ccc(CCNCC(C)(C)CO)cc2o1. The van der Waals surface area contributed by atoms with E-state index in [9.17, 15) is 5.11 Å². The minimum Gasteiger partial charge on any atom is -0.441 e. The molecule has 0 spiro atoms. The Labute approximate surface area is 113 Å². The van der Waals surface area contributed by atoms with Gasteiger partial charge in [-0.1, -0.05) is 19.9 Å². The lowest BCUT2D eigenvalue weighted by atomic mass is 9.95. The number of aliphatic hydroxyl groups is 1. The number of nitrogens with zero attached hydrogens (tertiary/aromatic N) is 1. The zero-order valence-corrected chi connectivity index (χ0v) is 11.9. The van der Waals surface area contributed by atoms with E-state index < -0.39 is 0 Å². The van der Waals surface area contributed by atoms with E-state index >= 15 is 0 Å². The predicted octanol–water partition coefficient (Wildman–Crippen LogP) is 2.29. The van der Waals surface area contributed by atoms with E-state index in [0.717, 1.165) is 30.6 Å². The lowest BCUT2D eigenvalue weighted by Gasteiger charge is -2.21. The van der Waals surface area contributed by atoms with Crippen LogP contribution >= 0.6 is 0 Å². The maximum atomic E-state index is 9.17. The summed E-state index contributed by atoms with van der Waals surface area (Å²) in [6, 6.07) is 6.14. The molecule has 4 nitrogen and oxygen atoms in total. The maximum absolute atomic E-state index is 9.17. The molecule has 4 heteroatoms. The van der Waals surface area contributed by atoms with Gasteiger partial charge in [-0.25, -0.2) is 4.98 Å². The number of aromatic nitrogens is 1. The topological polar surface area (TPSA) is 58.3 Å². The van der Waals surface area contributed by atoms with Crippen LogP contribution in [-0.4, -0.2) is 29.8 Å². The van der Waals surface area contributed by atoms with Crippen LogP contribution in [0.2, 0.25) is 0 Å². The summed E-state index contributed by atoms with van der Waals surface area (Å²) in [5.41, 5.74) is 2.94. The molecule has 1 aromatic carbocycles. The third-order valence-corrected chi connectivity index (χ3v) is 3.18. The van der Waals surface area contributed by atoms with Crippen LogP contribution in [0.4, 0.5) is 0 Å². The van der Waals surface area contributed by atoms with E-state index in [4.69, 9.17) is 4.42 Å². The predicted molar refractivity (Wildman–Crippen MR) is 76.2 cm³/mol. The molecule has 2 aromatic rings. The van der Waals surface area contributed by atoms with Crippen LogP contribution in [0.1, 0.15) is 25.3 Å². The lowest BCUT2D eigenvalue weighted by molar-refractivity contribution is 0.157. The van der Waals surface area contributed by atoms with Crippen molar-refractivity contribution < 1.29 is 9.52 Å². The van der Waals surface area contributed by atoms with Gasteiger partial charge in [-0.2, -0.15) is 0 Å². The Morgan fingerprint density at radius 3 is 2.89 bits per heavy atom. The Morgan fingerprint density at radius 2 is 2.16 bits per heavy atom. The summed E-state index contributed by atoms with van der Waals surface area (Å²) < 4.78 is 5.52. The molecular formula is C15H22N2O2. The van der Waals surface area contributed by atoms with Crippen LogP contribution in [0, 0.1) is 12.3 Å². The van der Waals surface area contributed by atoms with Gasteiger partial charge >= 0.3 is 0 Å². The molecule has 1 aromatic heterocycles. The average Bonchev–Trinajstić information content (AvgIpc) is 2.74. The van der Waals surface area contributed by atoms with E-state index in [1.54, 1.807) is 0 Å². The van der Waals surface area contributed by atoms with Crippen molar-refractivity contribution in [1.82, 2.24) is 10.3 Å². The van der Waals surface area contributed by atoms with Gasteiger partial charge in [0.15, 0.2) is 11.5 Å². The number of fused-ring (bicyclic) bond motifs is 1. The highest BCUT2D eigenvalue weighted by Crippen LogP contribution is 2.17. The molecule has 0 saturated heterocycles. The maximum Gasteiger partial charge on any atom is 0.192 e. The summed E-state index contributed by atoms with van der Waals surface area (Å²) in [6.07, 6.45) is 0.942. The molecule has 0 aliphatic carbocycles. The van der Waals surface area contributed by atoms with Crippen molar-refractivity contribution in [2.45, 2.75) is 27.2 Å². The minimum absolute atomic E-state index is 0.0635. The summed E-state index contributed by atoms with van der Waals surface area (Å²) in [5.74, 6) is 0.704. The normalized spacial score (nSPS) is 12.2. The van der Waals surface area contributed by atoms with Crippen molar-refractivity contribution in [3.8, 4) is 0 Å². The summed E-state index contributed by atoms with van der Waals surface area (Å²) in [4.78, 5) is 4.28. The van der Waals surface area contributed by atoms with Gasteiger partial charge < -0.3 is 14.8 Å². The monoisotopic (exact) mass is 262 g/mol. The average molecular weight is 262 g/mol. The molecule has 104 valence electrons. The summed E-state index contributed by atoms with van der Waals surface area (Å²) in [7, 11) is 0. The number of oxazole rings is 1. The largest absolute Gasteiger partial charge is 0.441 e. The molecular weight excluding hydrogens is 240 g/mol. The molecule has 0 radical (unpaired) electrons. The van der Waals surface area contributed by atoms with Gasteiger partial charge in [0, 0.05) is 25.5 Å². The van der Waals surface area contributed by atoms with Crippen LogP contribution in [0.25, 0.3) is 11.1 Å². The Kier molecular flexibility index (Phi) is 4.22. The number of rotatable bonds is 6. The Morgan fingerprint density at radius 1 is 1.37 bits per heavy atom. The van der Waals surface area contributed by atoms with Crippen LogP contribution in [0.15, 0.2) is 22.6 Å². The van der Waals surface area contributed by atoms with Crippen LogP contribution in [0.5, 0.6) is 0 Å². The van der Waals surface area contributed by atoms with Gasteiger partial charge in [0.05, 0.1) is 0 Å². The van der Waals surface area contributed by atoms with Crippen molar-refractivity contribution in [3.05, 3.63) is 29.7 Å². The fourth-order valence-electron chi connectivity index (χ4n) is 1.96. The van der Waals surface area contributed by atoms with Crippen LogP contribution in [0.3, 0.4) is 0 Å². The van der Waals surface area contributed by atoms with Crippen LogP contribution < -0.4 is 5.32 Å². The van der Waals surface area contributed by atoms with E-state index in [-0.39, 0.29) is 12.0 Å². The second kappa shape index (κ2) is 5.72. The quantitative estimate of drug-likeness (QED) is 0.784. The summed E-state index contributed by atoms with van der Waals surface area (Å²) in [6.45, 7) is 7.85. The van der Waals surface area contributed by atoms with E-state index in [0.29, 0.717) is 5.89 Å². The number of hydrogen-bond donors (Lipinski definition) is 2. The van der Waals surface area contributed by atoms with Gasteiger partial charge in [-0.05, 0) is 30.7 Å². The van der Waals surface area contributed by atoms with Gasteiger partial charge in [-0.15, -0.1) is 0 Å². The molecule has 1 heterocycles. The molecule has 0 fully saturated rings. The van der Waals surface area contributed by atoms with E-state index in [1.165, 1.54) is 5.56 Å². The highest BCUT2D eigenvalue weighted by Gasteiger charge is 2.15. The van der Waals surface area contributed by atoms with Crippen molar-refractivity contribution in [3.63, 3.8) is 0 Å². The fourth-order valence-corrected chi connectivity index (χ4v) is 1.96. The minimum atomic E-state index is -0.0635. The number of aryl methyl sites for hydroxylation is 1. The van der Waals surface area contributed by atoms with Crippen molar-refractivity contribution in [1.29, 1.82) is 0 Å². The van der Waals surface area contributed by atoms with Gasteiger partial charge in [0.2, 0.25) is 0 Å². The molecule has 0 amide bonds. The molecule has 0 atom stereocenters. The second-order valence-corrected chi connectivity index (χ2v) is 5.78. The van der Waals surface area contributed by atoms with Gasteiger partial charge in [0.1, 0.15) is 5.52 Å². The standard InChI is InChI=1S/C15H22N2O2/c1-11-17-13-5-4-12(8-14(13)19-11)6-7-16-9-15(2,3)10-18/h4-5,8,16,18H,6-7,9-10H2,1-3H3. The molecule has 0 bridgehead atoms. The third kappa shape index (κ3) is 3.78. The Bertz CT molecular complexity index is 546. The van der Waals surface area contributed by atoms with Gasteiger partial charge in [-0.3, -0.25) is 0 Å². The van der Waals surface area contributed by atoms with E-state index in [1.807, 2.05) is 32.9 Å². The first-order valence-corrected chi connectivity index (χ1v) is 6.68. The number of aliphatic hydroxyl groups excluding tert-OH is 1. The zero-order valence-electron chi connectivity index (χ0n) is 11.9. The second-order valence-electron chi connectivity index (χ2n) is 5.78. The molecule has 0 aliphatic rings. The molecule has 0 aliphatic heterocycles. The van der Waals surface area contributed by atoms with Gasteiger partial charge in [0.25, 0.3) is 0 Å². The highest BCUT2D eigenvalue weighted by atomic mass is 16.3. The van der Waals surface area contributed by atoms with Crippen molar-refractivity contribution >= 4 is 11.1 Å². The molecule has 2 rings (SSSR count). The molecule has 19 heavy (non-hydrogen) atoms. The zero-order chi connectivity index (χ0) is 13.9. The molecule has 0 saturated carbocycles. The summed E-state index contributed by atoms with van der Waals surface area (Å²) in [5, 5.41) is 12.5. The Hall–Kier alpha value is -1.39. The smallest absolute Gasteiger partial charge is 0.192 e. The number of benzene rings is 1.